The van der Waals surface area contributed by atoms with Crippen molar-refractivity contribution in [3.05, 3.63) is 113 Å². The van der Waals surface area contributed by atoms with Gasteiger partial charge in [-0.25, -0.2) is 18.1 Å². The summed E-state index contributed by atoms with van der Waals surface area (Å²) in [6.45, 7) is 1.16. The van der Waals surface area contributed by atoms with E-state index in [4.69, 9.17) is 0 Å². The number of sulfonamides is 1. The van der Waals surface area contributed by atoms with Crippen LogP contribution in [0.3, 0.4) is 0 Å². The summed E-state index contributed by atoms with van der Waals surface area (Å²) in [5.74, 6) is -1.52. The van der Waals surface area contributed by atoms with Crippen LogP contribution in [0.4, 0.5) is 17.1 Å². The lowest BCUT2D eigenvalue weighted by atomic mass is 10.1. The number of amides is 2. The average molecular weight is 549 g/mol. The molecule has 2 amide bonds. The number of carbonyl (C=O) groups excluding carboxylic acids is 2. The third kappa shape index (κ3) is 7.05. The van der Waals surface area contributed by atoms with Crippen LogP contribution in [0.15, 0.2) is 96.4 Å². The molecule has 200 valence electrons. The van der Waals surface area contributed by atoms with Gasteiger partial charge >= 0.3 is 0 Å². The number of carbonyl (C=O) groups is 2. The fraction of sp³-hybridized carbons (Fsp3) is 0.115. The summed E-state index contributed by atoms with van der Waals surface area (Å²) in [5.41, 5.74) is 0.250. The molecule has 0 aliphatic carbocycles. The Kier molecular flexibility index (Phi) is 8.31. The number of nitro benzene ring substituents is 1. The Labute approximate surface area is 223 Å². The van der Waals surface area contributed by atoms with Gasteiger partial charge in [0, 0.05) is 48.4 Å². The quantitative estimate of drug-likeness (QED) is 0.145. The van der Waals surface area contributed by atoms with Crippen LogP contribution in [0.5, 0.6) is 0 Å². The van der Waals surface area contributed by atoms with Gasteiger partial charge in [0.2, 0.25) is 0 Å². The van der Waals surface area contributed by atoms with Gasteiger partial charge < -0.3 is 15.2 Å². The Bertz CT molecular complexity index is 1590. The van der Waals surface area contributed by atoms with E-state index in [0.717, 1.165) is 6.07 Å². The molecule has 39 heavy (non-hydrogen) atoms. The fourth-order valence-electron chi connectivity index (χ4n) is 3.66. The van der Waals surface area contributed by atoms with Gasteiger partial charge in [-0.15, -0.1) is 0 Å². The highest BCUT2D eigenvalue weighted by atomic mass is 32.2. The maximum atomic E-state index is 12.8. The van der Waals surface area contributed by atoms with Gasteiger partial charge in [0.1, 0.15) is 5.69 Å². The maximum Gasteiger partial charge on any atom is 0.293 e. The highest BCUT2D eigenvalue weighted by molar-refractivity contribution is 7.90. The van der Waals surface area contributed by atoms with E-state index in [1.165, 1.54) is 60.7 Å². The normalized spacial score (nSPS) is 11.0. The number of nitrogens with one attached hydrogen (secondary N) is 3. The molecule has 3 N–H and O–H groups in total. The molecule has 0 radical (unpaired) electrons. The second kappa shape index (κ2) is 12.0. The van der Waals surface area contributed by atoms with Crippen LogP contribution in [0.2, 0.25) is 0 Å². The van der Waals surface area contributed by atoms with E-state index in [2.05, 4.69) is 15.6 Å². The molecule has 1 aromatic heterocycles. The minimum absolute atomic E-state index is 0.00599. The van der Waals surface area contributed by atoms with Gasteiger partial charge in [-0.3, -0.25) is 19.7 Å². The van der Waals surface area contributed by atoms with E-state index in [0.29, 0.717) is 19.5 Å². The third-order valence-electron chi connectivity index (χ3n) is 5.59. The second-order valence-corrected chi connectivity index (χ2v) is 10.0. The molecule has 12 nitrogen and oxygen atoms in total. The van der Waals surface area contributed by atoms with Gasteiger partial charge in [-0.2, -0.15) is 0 Å². The minimum atomic E-state index is -4.08. The van der Waals surface area contributed by atoms with E-state index in [-0.39, 0.29) is 33.1 Å². The van der Waals surface area contributed by atoms with Crippen LogP contribution in [0.1, 0.15) is 27.1 Å². The third-order valence-corrected chi connectivity index (χ3v) is 6.93. The van der Waals surface area contributed by atoms with Crippen molar-refractivity contribution in [3.8, 4) is 0 Å². The first-order chi connectivity index (χ1) is 18.7. The van der Waals surface area contributed by atoms with E-state index >= 15 is 0 Å². The molecule has 0 saturated carbocycles. The smallest absolute Gasteiger partial charge is 0.293 e. The SMILES string of the molecule is O=C(Nc1cccc(C(=O)NS(=O)(=O)c2ccccc2)c1)c1ccc(NCCCn2ccnc2)c([N+](=O)[O-])c1. The first-order valence-electron chi connectivity index (χ1n) is 11.7. The molecule has 1 heterocycles. The van der Waals surface area contributed by atoms with Gasteiger partial charge in [0.05, 0.1) is 16.1 Å². The standard InChI is InChI=1S/C26H24N6O6S/c33-25(20-10-11-23(24(17-20)32(35)36)28-12-5-14-31-15-13-27-18-31)29-21-7-4-6-19(16-21)26(34)30-39(37,38)22-8-2-1-3-9-22/h1-4,6-11,13,15-18,28H,5,12,14H2,(H,29,33)(H,30,34). The number of nitro groups is 1. The van der Waals surface area contributed by atoms with Crippen molar-refractivity contribution in [3.63, 3.8) is 0 Å². The van der Waals surface area contributed by atoms with Crippen molar-refractivity contribution in [2.24, 2.45) is 0 Å². The zero-order chi connectivity index (χ0) is 27.8. The highest BCUT2D eigenvalue weighted by Gasteiger charge is 2.20. The van der Waals surface area contributed by atoms with Gasteiger partial charge in [-0.1, -0.05) is 24.3 Å². The largest absolute Gasteiger partial charge is 0.379 e. The highest BCUT2D eigenvalue weighted by Crippen LogP contribution is 2.26. The first kappa shape index (κ1) is 27.0. The molecule has 0 fully saturated rings. The topological polar surface area (TPSA) is 165 Å². The first-order valence-corrected chi connectivity index (χ1v) is 13.2. The molecule has 0 atom stereocenters. The summed E-state index contributed by atoms with van der Waals surface area (Å²) >= 11 is 0. The summed E-state index contributed by atoms with van der Waals surface area (Å²) in [5, 5.41) is 17.2. The van der Waals surface area contributed by atoms with Crippen LogP contribution < -0.4 is 15.4 Å². The summed E-state index contributed by atoms with van der Waals surface area (Å²) in [6, 6.07) is 17.2. The fourth-order valence-corrected chi connectivity index (χ4v) is 4.65. The van der Waals surface area contributed by atoms with E-state index < -0.39 is 26.8 Å². The van der Waals surface area contributed by atoms with E-state index in [9.17, 15) is 28.1 Å². The lowest BCUT2D eigenvalue weighted by molar-refractivity contribution is -0.384. The zero-order valence-electron chi connectivity index (χ0n) is 20.5. The number of hydrogen-bond acceptors (Lipinski definition) is 8. The predicted molar refractivity (Wildman–Crippen MR) is 144 cm³/mol. The molecule has 4 aromatic rings. The molecule has 0 aliphatic heterocycles. The molecule has 0 saturated heterocycles. The van der Waals surface area contributed by atoms with Crippen molar-refractivity contribution in [1.82, 2.24) is 14.3 Å². The Morgan fingerprint density at radius 1 is 0.949 bits per heavy atom. The van der Waals surface area contributed by atoms with Crippen LogP contribution >= 0.6 is 0 Å². The van der Waals surface area contributed by atoms with E-state index in [1.807, 2.05) is 15.5 Å². The van der Waals surface area contributed by atoms with Crippen molar-refractivity contribution in [2.75, 3.05) is 17.2 Å². The Morgan fingerprint density at radius 3 is 2.44 bits per heavy atom. The predicted octanol–water partition coefficient (Wildman–Crippen LogP) is 3.66. The van der Waals surface area contributed by atoms with Gasteiger partial charge in [0.15, 0.2) is 0 Å². The number of aromatic nitrogens is 2. The second-order valence-electron chi connectivity index (χ2n) is 8.35. The van der Waals surface area contributed by atoms with Crippen molar-refractivity contribution < 1.29 is 22.9 Å². The van der Waals surface area contributed by atoms with Crippen molar-refractivity contribution in [2.45, 2.75) is 17.9 Å². The summed E-state index contributed by atoms with van der Waals surface area (Å²) in [7, 11) is -4.08. The van der Waals surface area contributed by atoms with Crippen molar-refractivity contribution >= 4 is 38.9 Å². The summed E-state index contributed by atoms with van der Waals surface area (Å²) < 4.78 is 28.8. The summed E-state index contributed by atoms with van der Waals surface area (Å²) in [4.78, 5) is 40.4. The summed E-state index contributed by atoms with van der Waals surface area (Å²) in [6.07, 6.45) is 5.88. The molecule has 0 bridgehead atoms. The Hall–Kier alpha value is -5.04. The van der Waals surface area contributed by atoms with E-state index in [1.54, 1.807) is 18.6 Å². The lowest BCUT2D eigenvalue weighted by Crippen LogP contribution is -2.30. The molecule has 4 rings (SSSR count). The molecule has 3 aromatic carbocycles. The number of anilines is 2. The molecule has 0 aliphatic rings. The Balaban J connectivity index is 1.41. The molecule has 0 spiro atoms. The van der Waals surface area contributed by atoms with Crippen LogP contribution in [-0.4, -0.2) is 41.3 Å². The van der Waals surface area contributed by atoms with Gasteiger partial charge in [-0.05, 0) is 48.9 Å². The number of aryl methyl sites for hydroxylation is 1. The maximum absolute atomic E-state index is 12.8. The lowest BCUT2D eigenvalue weighted by Gasteiger charge is -2.11. The minimum Gasteiger partial charge on any atom is -0.379 e. The van der Waals surface area contributed by atoms with Gasteiger partial charge in [0.25, 0.3) is 27.5 Å². The van der Waals surface area contributed by atoms with Crippen LogP contribution in [-0.2, 0) is 16.6 Å². The molecule has 0 unspecified atom stereocenters. The number of imidazole rings is 1. The number of hydrogen-bond donors (Lipinski definition) is 3. The zero-order valence-corrected chi connectivity index (χ0v) is 21.3. The number of nitrogens with zero attached hydrogens (tertiary/aromatic N) is 3. The number of benzene rings is 3. The van der Waals surface area contributed by atoms with Crippen LogP contribution in [0.25, 0.3) is 0 Å². The molecular formula is C26H24N6O6S. The monoisotopic (exact) mass is 548 g/mol. The van der Waals surface area contributed by atoms with Crippen LogP contribution in [0, 0.1) is 10.1 Å². The average Bonchev–Trinajstić information content (AvgIpc) is 3.45. The molecular weight excluding hydrogens is 524 g/mol. The Morgan fingerprint density at radius 2 is 1.72 bits per heavy atom. The number of rotatable bonds is 11. The van der Waals surface area contributed by atoms with Crippen molar-refractivity contribution in [1.29, 1.82) is 0 Å². The molecule has 13 heteroatoms.